The highest BCUT2D eigenvalue weighted by molar-refractivity contribution is 7.90. The predicted molar refractivity (Wildman–Crippen MR) is 153 cm³/mol. The molecule has 0 heterocycles. The van der Waals surface area contributed by atoms with Gasteiger partial charge in [-0.05, 0) is 90.9 Å². The lowest BCUT2D eigenvalue weighted by Crippen LogP contribution is -2.11. The molecule has 0 unspecified atom stereocenters. The average Bonchev–Trinajstić information content (AvgIpc) is 2.89. The summed E-state index contributed by atoms with van der Waals surface area (Å²) in [6.07, 6.45) is 1.50. The molecule has 1 atom stereocenters. The van der Waals surface area contributed by atoms with E-state index in [0.717, 1.165) is 44.9 Å². The minimum absolute atomic E-state index is 0.116. The number of carbonyl (C=O) groups excluding carboxylic acids is 1. The van der Waals surface area contributed by atoms with Gasteiger partial charge in [0.2, 0.25) is 0 Å². The van der Waals surface area contributed by atoms with Crippen LogP contribution in [0.4, 0.5) is 0 Å². The molecule has 3 aromatic rings. The maximum absolute atomic E-state index is 11.7. The molecule has 0 radical (unpaired) electrons. The minimum Gasteiger partial charge on any atom is -0.494 e. The van der Waals surface area contributed by atoms with E-state index in [-0.39, 0.29) is 24.2 Å². The van der Waals surface area contributed by atoms with Gasteiger partial charge < -0.3 is 18.9 Å². The summed E-state index contributed by atoms with van der Waals surface area (Å²) < 4.78 is 45.0. The first-order valence-corrected chi connectivity index (χ1v) is 15.1. The Hall–Kier alpha value is -3.36. The van der Waals surface area contributed by atoms with Crippen LogP contribution >= 0.6 is 0 Å². The first-order chi connectivity index (χ1) is 18.6. The van der Waals surface area contributed by atoms with Crippen LogP contribution in [0.5, 0.6) is 11.5 Å². The summed E-state index contributed by atoms with van der Waals surface area (Å²) in [6, 6.07) is 19.8. The van der Waals surface area contributed by atoms with E-state index in [9.17, 15) is 13.2 Å². The maximum Gasteiger partial charge on any atom is 0.308 e. The molecule has 0 saturated heterocycles. The van der Waals surface area contributed by atoms with Gasteiger partial charge in [-0.15, -0.1) is 0 Å². The minimum atomic E-state index is -2.99. The third-order valence-corrected chi connectivity index (χ3v) is 7.29. The molecule has 0 saturated carbocycles. The molecule has 0 aromatic heterocycles. The Balaban J connectivity index is 1.65. The van der Waals surface area contributed by atoms with Crippen LogP contribution in [0.2, 0.25) is 0 Å². The topological polar surface area (TPSA) is 88.1 Å². The van der Waals surface area contributed by atoms with Crippen LogP contribution < -0.4 is 9.47 Å². The second kappa shape index (κ2) is 14.1. The number of methoxy groups -OCH3 is 1. The molecular formula is C31H38O7S. The molecule has 39 heavy (non-hydrogen) atoms. The fraction of sp³-hybridized carbons (Fsp3) is 0.387. The van der Waals surface area contributed by atoms with Gasteiger partial charge in [-0.3, -0.25) is 4.79 Å². The lowest BCUT2D eigenvalue weighted by Gasteiger charge is -2.17. The molecule has 0 aliphatic rings. The number of carbonyl (C=O) groups is 1. The molecule has 0 fully saturated rings. The highest BCUT2D eigenvalue weighted by Gasteiger charge is 2.17. The van der Waals surface area contributed by atoms with Gasteiger partial charge in [0.1, 0.15) is 27.9 Å². The number of hydrogen-bond donors (Lipinski definition) is 0. The van der Waals surface area contributed by atoms with E-state index in [1.165, 1.54) is 13.4 Å². The van der Waals surface area contributed by atoms with Gasteiger partial charge in [0.25, 0.3) is 0 Å². The summed E-state index contributed by atoms with van der Waals surface area (Å²) in [4.78, 5) is 11.7. The van der Waals surface area contributed by atoms with E-state index in [0.29, 0.717) is 26.2 Å². The van der Waals surface area contributed by atoms with Crippen LogP contribution in [0, 0.1) is 13.8 Å². The van der Waals surface area contributed by atoms with Crippen molar-refractivity contribution in [1.82, 2.24) is 0 Å². The van der Waals surface area contributed by atoms with Crippen LogP contribution in [0.1, 0.15) is 48.1 Å². The van der Waals surface area contributed by atoms with Crippen molar-refractivity contribution in [3.63, 3.8) is 0 Å². The molecular weight excluding hydrogens is 516 g/mol. The zero-order valence-electron chi connectivity index (χ0n) is 23.4. The molecule has 0 aliphatic carbocycles. The second-order valence-corrected chi connectivity index (χ2v) is 11.8. The highest BCUT2D eigenvalue weighted by atomic mass is 32.2. The van der Waals surface area contributed by atoms with Crippen LogP contribution in [0.15, 0.2) is 60.7 Å². The van der Waals surface area contributed by atoms with E-state index >= 15 is 0 Å². The molecule has 0 spiro atoms. The largest absolute Gasteiger partial charge is 0.494 e. The zero-order valence-corrected chi connectivity index (χ0v) is 24.2. The summed E-state index contributed by atoms with van der Waals surface area (Å²) in [7, 11) is -1.62. The van der Waals surface area contributed by atoms with Crippen LogP contribution in [0.3, 0.4) is 0 Å². The lowest BCUT2D eigenvalue weighted by atomic mass is 9.94. The number of sulfone groups is 1. The van der Waals surface area contributed by atoms with Gasteiger partial charge in [0, 0.05) is 12.9 Å². The molecule has 0 bridgehead atoms. The van der Waals surface area contributed by atoms with Crippen molar-refractivity contribution in [2.75, 3.05) is 32.3 Å². The summed E-state index contributed by atoms with van der Waals surface area (Å²) in [6.45, 7) is 7.25. The number of aryl methyl sites for hydroxylation is 2. The van der Waals surface area contributed by atoms with Gasteiger partial charge in [-0.25, -0.2) is 8.42 Å². The Bertz CT molecular complexity index is 1320. The van der Waals surface area contributed by atoms with Crippen molar-refractivity contribution in [3.8, 4) is 22.6 Å². The van der Waals surface area contributed by atoms with Gasteiger partial charge in [-0.2, -0.15) is 0 Å². The maximum atomic E-state index is 11.7. The molecule has 3 aromatic carbocycles. The Kier molecular flexibility index (Phi) is 10.9. The fourth-order valence-corrected chi connectivity index (χ4v) is 5.09. The smallest absolute Gasteiger partial charge is 0.308 e. The highest BCUT2D eigenvalue weighted by Crippen LogP contribution is 2.32. The average molecular weight is 555 g/mol. The van der Waals surface area contributed by atoms with Crippen molar-refractivity contribution in [3.05, 3.63) is 82.9 Å². The van der Waals surface area contributed by atoms with E-state index < -0.39 is 9.84 Å². The van der Waals surface area contributed by atoms with Crippen molar-refractivity contribution < 1.29 is 32.2 Å². The number of hydrogen-bond acceptors (Lipinski definition) is 7. The number of ether oxygens (including phenoxy) is 4. The molecule has 0 N–H and O–H groups in total. The van der Waals surface area contributed by atoms with Crippen molar-refractivity contribution in [1.29, 1.82) is 0 Å². The Morgan fingerprint density at radius 1 is 0.923 bits per heavy atom. The van der Waals surface area contributed by atoms with Crippen molar-refractivity contribution >= 4 is 15.8 Å². The Morgan fingerprint density at radius 3 is 2.23 bits per heavy atom. The monoisotopic (exact) mass is 554 g/mol. The molecule has 210 valence electrons. The summed E-state index contributed by atoms with van der Waals surface area (Å²) in [5.74, 6) is 1.27. The van der Waals surface area contributed by atoms with Crippen molar-refractivity contribution in [2.24, 2.45) is 0 Å². The predicted octanol–water partition coefficient (Wildman–Crippen LogP) is 6.00. The zero-order chi connectivity index (χ0) is 28.4. The normalized spacial score (nSPS) is 12.1. The number of benzene rings is 3. The van der Waals surface area contributed by atoms with Gasteiger partial charge >= 0.3 is 5.97 Å². The summed E-state index contributed by atoms with van der Waals surface area (Å²) in [5.41, 5.74) is 6.32. The third-order valence-electron chi connectivity index (χ3n) is 6.26. The van der Waals surface area contributed by atoms with Crippen LogP contribution in [-0.4, -0.2) is 46.7 Å². The SMILES string of the molecule is CCO[C@@H](CC(=O)OC)c1ccc(OCc2cccc(-c3c(C)cc(OCCCS(C)(=O)=O)cc3C)c2)cc1. The van der Waals surface area contributed by atoms with E-state index in [4.69, 9.17) is 18.9 Å². The first kappa shape index (κ1) is 30.2. The Labute approximate surface area is 232 Å². The van der Waals surface area contributed by atoms with E-state index in [1.54, 1.807) is 0 Å². The quantitative estimate of drug-likeness (QED) is 0.178. The molecule has 8 heteroatoms. The van der Waals surface area contributed by atoms with E-state index in [2.05, 4.69) is 12.1 Å². The first-order valence-electron chi connectivity index (χ1n) is 13.0. The van der Waals surface area contributed by atoms with Crippen molar-refractivity contribution in [2.45, 2.75) is 46.3 Å². The number of esters is 1. The molecule has 7 nitrogen and oxygen atoms in total. The van der Waals surface area contributed by atoms with Gasteiger partial charge in [0.05, 0.1) is 32.0 Å². The Morgan fingerprint density at radius 2 is 1.62 bits per heavy atom. The van der Waals surface area contributed by atoms with Crippen LogP contribution in [0.25, 0.3) is 11.1 Å². The van der Waals surface area contributed by atoms with E-state index in [1.807, 2.05) is 69.3 Å². The molecule has 0 amide bonds. The lowest BCUT2D eigenvalue weighted by molar-refractivity contribution is -0.143. The van der Waals surface area contributed by atoms with Gasteiger partial charge in [-0.1, -0.05) is 30.3 Å². The molecule has 3 rings (SSSR count). The molecule has 0 aliphatic heterocycles. The summed E-state index contributed by atoms with van der Waals surface area (Å²) >= 11 is 0. The standard InChI is InChI=1S/C31H38O7S/c1-6-36-29(20-30(32)35-4)25-11-13-27(14-12-25)38-21-24-9-7-10-26(19-24)31-22(2)17-28(18-23(31)3)37-15-8-16-39(5,33)34/h7,9-14,17-19,29H,6,8,15-16,20-21H2,1-5H3/t29-/m0/s1. The van der Waals surface area contributed by atoms with Crippen LogP contribution in [-0.2, 0) is 30.7 Å². The summed E-state index contributed by atoms with van der Waals surface area (Å²) in [5, 5.41) is 0. The second-order valence-electron chi connectivity index (χ2n) is 9.55. The fourth-order valence-electron chi connectivity index (χ4n) is 4.44. The van der Waals surface area contributed by atoms with Gasteiger partial charge in [0.15, 0.2) is 0 Å². The third kappa shape index (κ3) is 9.41. The number of rotatable bonds is 14.